The predicted octanol–water partition coefficient (Wildman–Crippen LogP) is 3.07. The van der Waals surface area contributed by atoms with Crippen molar-refractivity contribution in [2.24, 2.45) is 7.05 Å². The second-order valence-corrected chi connectivity index (χ2v) is 5.42. The molecule has 0 amide bonds. The lowest BCUT2D eigenvalue weighted by atomic mass is 9.99. The zero-order valence-corrected chi connectivity index (χ0v) is 12.1. The van der Waals surface area contributed by atoms with Crippen LogP contribution >= 0.6 is 0 Å². The van der Waals surface area contributed by atoms with Crippen LogP contribution in [0.15, 0.2) is 18.2 Å². The molecule has 102 valence electrons. The number of rotatable bonds is 3. The summed E-state index contributed by atoms with van der Waals surface area (Å²) in [6.07, 6.45) is 0. The zero-order valence-electron chi connectivity index (χ0n) is 12.1. The number of nitrogens with zero attached hydrogens (tertiary/aromatic N) is 2. The number of aromatic carboxylic acids is 1. The molecule has 0 bridgehead atoms. The third-order valence-corrected chi connectivity index (χ3v) is 3.50. The lowest BCUT2D eigenvalue weighted by molar-refractivity contribution is 0.0687. The summed E-state index contributed by atoms with van der Waals surface area (Å²) in [5, 5.41) is 10.2. The Kier molecular flexibility index (Phi) is 3.27. The first kappa shape index (κ1) is 13.5. The van der Waals surface area contributed by atoms with Crippen LogP contribution in [0.25, 0.3) is 10.9 Å². The van der Waals surface area contributed by atoms with Gasteiger partial charge in [0.25, 0.3) is 0 Å². The minimum absolute atomic E-state index is 0.327. The molecule has 4 nitrogen and oxygen atoms in total. The van der Waals surface area contributed by atoms with Gasteiger partial charge in [0, 0.05) is 32.2 Å². The average molecular weight is 260 g/mol. The van der Waals surface area contributed by atoms with E-state index in [4.69, 9.17) is 0 Å². The summed E-state index contributed by atoms with van der Waals surface area (Å²) in [6, 6.07) is 5.92. The minimum atomic E-state index is -0.889. The fourth-order valence-corrected chi connectivity index (χ4v) is 2.43. The van der Waals surface area contributed by atoms with E-state index in [0.717, 1.165) is 16.6 Å². The molecule has 1 aromatic carbocycles. The molecular weight excluding hydrogens is 240 g/mol. The van der Waals surface area contributed by atoms with Gasteiger partial charge < -0.3 is 14.6 Å². The van der Waals surface area contributed by atoms with Crippen molar-refractivity contribution < 1.29 is 9.90 Å². The van der Waals surface area contributed by atoms with Gasteiger partial charge >= 0.3 is 5.97 Å². The Hall–Kier alpha value is -1.97. The first-order chi connectivity index (χ1) is 8.82. The van der Waals surface area contributed by atoms with Crippen LogP contribution in [0, 0.1) is 0 Å². The maximum absolute atomic E-state index is 11.3. The Morgan fingerprint density at radius 1 is 1.26 bits per heavy atom. The first-order valence-electron chi connectivity index (χ1n) is 6.37. The third-order valence-electron chi connectivity index (χ3n) is 3.50. The van der Waals surface area contributed by atoms with Gasteiger partial charge in [-0.05, 0) is 29.7 Å². The molecule has 19 heavy (non-hydrogen) atoms. The number of aryl methyl sites for hydroxylation is 1. The average Bonchev–Trinajstić information content (AvgIpc) is 2.65. The van der Waals surface area contributed by atoms with Gasteiger partial charge in [0.15, 0.2) is 0 Å². The van der Waals surface area contributed by atoms with E-state index in [9.17, 15) is 9.90 Å². The molecule has 1 N–H and O–H groups in total. The highest BCUT2D eigenvalue weighted by Gasteiger charge is 2.17. The van der Waals surface area contributed by atoms with Crippen molar-refractivity contribution in [3.63, 3.8) is 0 Å². The smallest absolute Gasteiger partial charge is 0.352 e. The molecule has 0 aliphatic heterocycles. The van der Waals surface area contributed by atoms with E-state index in [0.29, 0.717) is 11.6 Å². The largest absolute Gasteiger partial charge is 0.477 e. The Morgan fingerprint density at radius 2 is 1.89 bits per heavy atom. The van der Waals surface area contributed by atoms with Crippen molar-refractivity contribution >= 4 is 22.6 Å². The topological polar surface area (TPSA) is 45.5 Å². The lowest BCUT2D eigenvalue weighted by Gasteiger charge is -2.17. The van der Waals surface area contributed by atoms with Crippen LogP contribution in [0.5, 0.6) is 0 Å². The van der Waals surface area contributed by atoms with E-state index in [1.54, 1.807) is 10.6 Å². The number of carboxylic acids is 1. The molecular formula is C15H20N2O2. The second kappa shape index (κ2) is 4.61. The minimum Gasteiger partial charge on any atom is -0.477 e. The highest BCUT2D eigenvalue weighted by Crippen LogP contribution is 2.32. The summed E-state index contributed by atoms with van der Waals surface area (Å²) < 4.78 is 1.77. The van der Waals surface area contributed by atoms with Gasteiger partial charge in [-0.1, -0.05) is 13.8 Å². The van der Waals surface area contributed by atoms with Crippen LogP contribution in [-0.2, 0) is 7.05 Å². The van der Waals surface area contributed by atoms with Gasteiger partial charge in [-0.2, -0.15) is 0 Å². The highest BCUT2D eigenvalue weighted by atomic mass is 16.4. The molecule has 1 aromatic heterocycles. The molecule has 4 heteroatoms. The summed E-state index contributed by atoms with van der Waals surface area (Å²) in [4.78, 5) is 13.3. The number of anilines is 1. The fourth-order valence-electron chi connectivity index (χ4n) is 2.43. The molecule has 0 aliphatic rings. The molecule has 0 spiro atoms. The summed E-state index contributed by atoms with van der Waals surface area (Å²) in [7, 11) is 5.80. The molecule has 2 rings (SSSR count). The zero-order chi connectivity index (χ0) is 14.3. The molecule has 0 fully saturated rings. The van der Waals surface area contributed by atoms with E-state index in [-0.39, 0.29) is 0 Å². The Bertz CT molecular complexity index is 639. The van der Waals surface area contributed by atoms with Crippen LogP contribution in [0.2, 0.25) is 0 Å². The fraction of sp³-hybridized carbons (Fsp3) is 0.400. The van der Waals surface area contributed by atoms with Crippen molar-refractivity contribution in [1.82, 2.24) is 4.57 Å². The molecule has 0 saturated heterocycles. The normalized spacial score (nSPS) is 11.3. The van der Waals surface area contributed by atoms with Crippen LogP contribution in [0.1, 0.15) is 35.8 Å². The number of benzene rings is 1. The van der Waals surface area contributed by atoms with Gasteiger partial charge in [0.2, 0.25) is 0 Å². The van der Waals surface area contributed by atoms with Gasteiger partial charge in [-0.15, -0.1) is 0 Å². The number of aromatic nitrogens is 1. The van der Waals surface area contributed by atoms with E-state index >= 15 is 0 Å². The van der Waals surface area contributed by atoms with Crippen molar-refractivity contribution in [2.45, 2.75) is 19.8 Å². The number of carboxylic acid groups (broad SMARTS) is 1. The van der Waals surface area contributed by atoms with E-state index in [2.05, 4.69) is 19.9 Å². The van der Waals surface area contributed by atoms with Crippen molar-refractivity contribution in [2.75, 3.05) is 19.0 Å². The van der Waals surface area contributed by atoms with Gasteiger partial charge in [0.05, 0.1) is 5.52 Å². The van der Waals surface area contributed by atoms with Crippen molar-refractivity contribution in [1.29, 1.82) is 0 Å². The van der Waals surface area contributed by atoms with Gasteiger partial charge in [-0.3, -0.25) is 0 Å². The molecule has 0 atom stereocenters. The summed E-state index contributed by atoms with van der Waals surface area (Å²) in [5.41, 5.74) is 3.61. The summed E-state index contributed by atoms with van der Waals surface area (Å²) >= 11 is 0. The molecule has 0 radical (unpaired) electrons. The molecule has 1 heterocycles. The molecule has 0 unspecified atom stereocenters. The van der Waals surface area contributed by atoms with Crippen LogP contribution in [0.4, 0.5) is 5.69 Å². The van der Waals surface area contributed by atoms with Crippen molar-refractivity contribution in [3.8, 4) is 0 Å². The molecule has 0 saturated carbocycles. The SMILES string of the molecule is CC(C)c1cc(N(C)C)cc2cc(C(=O)O)n(C)c12. The number of fused-ring (bicyclic) bond motifs is 1. The van der Waals surface area contributed by atoms with Crippen LogP contribution < -0.4 is 4.90 Å². The standard InChI is InChI=1S/C15H20N2O2/c1-9(2)12-8-11(16(3)4)6-10-7-13(15(18)19)17(5)14(10)12/h6-9H,1-5H3,(H,18,19). The number of hydrogen-bond acceptors (Lipinski definition) is 2. The van der Waals surface area contributed by atoms with Crippen LogP contribution in [0.3, 0.4) is 0 Å². The lowest BCUT2D eigenvalue weighted by Crippen LogP contribution is -2.10. The van der Waals surface area contributed by atoms with Gasteiger partial charge in [0.1, 0.15) is 5.69 Å². The quantitative estimate of drug-likeness (QED) is 0.922. The van der Waals surface area contributed by atoms with Crippen molar-refractivity contribution in [3.05, 3.63) is 29.5 Å². The summed E-state index contributed by atoms with van der Waals surface area (Å²) in [5.74, 6) is -0.544. The van der Waals surface area contributed by atoms with E-state index < -0.39 is 5.97 Å². The number of hydrogen-bond donors (Lipinski definition) is 1. The number of carbonyl (C=O) groups is 1. The second-order valence-electron chi connectivity index (χ2n) is 5.42. The highest BCUT2D eigenvalue weighted by molar-refractivity contribution is 5.97. The Balaban J connectivity index is 2.84. The molecule has 0 aliphatic carbocycles. The predicted molar refractivity (Wildman–Crippen MR) is 78.3 cm³/mol. The third kappa shape index (κ3) is 2.18. The first-order valence-corrected chi connectivity index (χ1v) is 6.37. The maximum atomic E-state index is 11.3. The van der Waals surface area contributed by atoms with E-state index in [1.165, 1.54) is 5.56 Å². The Morgan fingerprint density at radius 3 is 2.37 bits per heavy atom. The monoisotopic (exact) mass is 260 g/mol. The van der Waals surface area contributed by atoms with E-state index in [1.807, 2.05) is 32.1 Å². The van der Waals surface area contributed by atoms with Gasteiger partial charge in [-0.25, -0.2) is 4.79 Å². The van der Waals surface area contributed by atoms with Crippen LogP contribution in [-0.4, -0.2) is 29.7 Å². The molecule has 2 aromatic rings. The Labute approximate surface area is 113 Å². The summed E-state index contributed by atoms with van der Waals surface area (Å²) in [6.45, 7) is 4.25. The maximum Gasteiger partial charge on any atom is 0.352 e.